The highest BCUT2D eigenvalue weighted by molar-refractivity contribution is 6.05. The molecule has 2 aromatic rings. The lowest BCUT2D eigenvalue weighted by Gasteiger charge is -2.39. The van der Waals surface area contributed by atoms with Crippen molar-refractivity contribution in [1.82, 2.24) is 24.7 Å². The van der Waals surface area contributed by atoms with Gasteiger partial charge < -0.3 is 19.8 Å². The van der Waals surface area contributed by atoms with Crippen molar-refractivity contribution in [3.63, 3.8) is 0 Å². The number of nitrogens with zero attached hydrogens (tertiary/aromatic N) is 4. The van der Waals surface area contributed by atoms with Gasteiger partial charge in [-0.2, -0.15) is 0 Å². The van der Waals surface area contributed by atoms with Gasteiger partial charge in [0.25, 0.3) is 11.5 Å². The smallest absolute Gasteiger partial charge is 0.275 e. The Morgan fingerprint density at radius 2 is 2.12 bits per heavy atom. The van der Waals surface area contributed by atoms with E-state index in [9.17, 15) is 9.59 Å². The lowest BCUT2D eigenvalue weighted by molar-refractivity contribution is 0.0623. The number of aromatic amines is 1. The highest BCUT2D eigenvalue weighted by Gasteiger charge is 2.30. The van der Waals surface area contributed by atoms with Gasteiger partial charge in [-0.1, -0.05) is 19.9 Å². The number of hydrogen-bond acceptors (Lipinski definition) is 5. The summed E-state index contributed by atoms with van der Waals surface area (Å²) in [6.45, 7) is 10.2. The zero-order valence-electron chi connectivity index (χ0n) is 19.0. The number of pyridine rings is 1. The molecule has 1 atom stereocenters. The number of aromatic nitrogens is 2. The number of nitrogens with one attached hydrogen (secondary N) is 2. The van der Waals surface area contributed by atoms with Crippen LogP contribution in [0.4, 0.5) is 0 Å². The summed E-state index contributed by atoms with van der Waals surface area (Å²) >= 11 is 0. The summed E-state index contributed by atoms with van der Waals surface area (Å²) in [5.74, 6) is 0.368. The second-order valence-electron chi connectivity index (χ2n) is 8.85. The lowest BCUT2D eigenvalue weighted by atomic mass is 10.0. The van der Waals surface area contributed by atoms with Crippen molar-refractivity contribution >= 4 is 23.1 Å². The Morgan fingerprint density at radius 3 is 2.81 bits per heavy atom. The Balaban J connectivity index is 1.48. The molecule has 2 aliphatic heterocycles. The maximum Gasteiger partial charge on any atom is 0.275 e. The number of likely N-dealkylation sites (tertiary alicyclic amines) is 1. The van der Waals surface area contributed by atoms with E-state index in [1.165, 1.54) is 10.3 Å². The van der Waals surface area contributed by atoms with E-state index in [4.69, 9.17) is 0 Å². The molecule has 0 spiro atoms. The number of carbonyl (C=O) groups excluding carboxylic acids is 1. The van der Waals surface area contributed by atoms with Crippen molar-refractivity contribution in [3.8, 4) is 0 Å². The van der Waals surface area contributed by atoms with E-state index in [1.54, 1.807) is 30.9 Å². The maximum absolute atomic E-state index is 13.4. The number of rotatable bonds is 6. The highest BCUT2D eigenvalue weighted by atomic mass is 16.2. The molecule has 2 aromatic heterocycles. The fraction of sp³-hybridized carbons (Fsp3) is 0.458. The summed E-state index contributed by atoms with van der Waals surface area (Å²) in [6.07, 6.45) is 10.8. The fourth-order valence-electron chi connectivity index (χ4n) is 4.54. The van der Waals surface area contributed by atoms with E-state index in [1.807, 2.05) is 11.9 Å². The van der Waals surface area contributed by atoms with Gasteiger partial charge in [-0.05, 0) is 30.9 Å². The van der Waals surface area contributed by atoms with Crippen LogP contribution in [0.3, 0.4) is 0 Å². The summed E-state index contributed by atoms with van der Waals surface area (Å²) in [4.78, 5) is 37.8. The maximum atomic E-state index is 13.4. The molecule has 2 aliphatic rings. The van der Waals surface area contributed by atoms with Gasteiger partial charge in [0.1, 0.15) is 11.7 Å². The van der Waals surface area contributed by atoms with Crippen LogP contribution in [0.1, 0.15) is 37.0 Å². The zero-order valence-corrected chi connectivity index (χ0v) is 19.0. The Morgan fingerprint density at radius 1 is 1.38 bits per heavy atom. The molecule has 4 rings (SSSR count). The van der Waals surface area contributed by atoms with Gasteiger partial charge in [-0.25, -0.2) is 0 Å². The molecule has 2 N–H and O–H groups in total. The summed E-state index contributed by atoms with van der Waals surface area (Å²) < 4.78 is 1.53. The Bertz CT molecular complexity index is 1120. The van der Waals surface area contributed by atoms with Gasteiger partial charge in [0.2, 0.25) is 0 Å². The standard InChI is InChI=1S/C24H32N6O2/c1-5-10-30-14-19(18-6-9-25-22(18)24(30)32)23(31)28(4)17-7-11-29(12-8-17)21-13-20(16(2)3)26-15-27-21/h5-6,9,13-17,21,25H,1,7-8,10-12H2,2-4H3,(H,26,27). The van der Waals surface area contributed by atoms with Gasteiger partial charge in [0, 0.05) is 56.2 Å². The topological polar surface area (TPSA) is 85.7 Å². The molecule has 1 unspecified atom stereocenters. The molecule has 1 fully saturated rings. The summed E-state index contributed by atoms with van der Waals surface area (Å²) in [6, 6.07) is 1.94. The van der Waals surface area contributed by atoms with Crippen molar-refractivity contribution in [2.24, 2.45) is 10.9 Å². The molecule has 0 aliphatic carbocycles. The molecule has 8 nitrogen and oxygen atoms in total. The predicted octanol–water partition coefficient (Wildman–Crippen LogP) is 2.55. The number of aliphatic imine (C=N–C) groups is 1. The zero-order chi connectivity index (χ0) is 22.8. The summed E-state index contributed by atoms with van der Waals surface area (Å²) in [7, 11) is 1.86. The third-order valence-electron chi connectivity index (χ3n) is 6.50. The Labute approximate surface area is 188 Å². The third kappa shape index (κ3) is 4.14. The van der Waals surface area contributed by atoms with E-state index in [0.29, 0.717) is 28.9 Å². The van der Waals surface area contributed by atoms with Crippen LogP contribution in [-0.2, 0) is 6.54 Å². The predicted molar refractivity (Wildman–Crippen MR) is 128 cm³/mol. The number of allylic oxidation sites excluding steroid dienone is 2. The molecule has 170 valence electrons. The molecular weight excluding hydrogens is 404 g/mol. The number of H-pyrrole nitrogens is 1. The van der Waals surface area contributed by atoms with Crippen molar-refractivity contribution in [1.29, 1.82) is 0 Å². The third-order valence-corrected chi connectivity index (χ3v) is 6.50. The van der Waals surface area contributed by atoms with Crippen LogP contribution in [-0.4, -0.2) is 63.9 Å². The number of hydrogen-bond donors (Lipinski definition) is 2. The molecular formula is C24H32N6O2. The van der Waals surface area contributed by atoms with Gasteiger partial charge in [-0.3, -0.25) is 19.5 Å². The molecule has 1 amide bonds. The minimum Gasteiger partial charge on any atom is -0.357 e. The molecule has 0 saturated carbocycles. The van der Waals surface area contributed by atoms with Gasteiger partial charge in [0.05, 0.1) is 11.9 Å². The van der Waals surface area contributed by atoms with E-state index in [-0.39, 0.29) is 23.7 Å². The first-order valence-corrected chi connectivity index (χ1v) is 11.2. The average Bonchev–Trinajstić information content (AvgIpc) is 3.31. The number of carbonyl (C=O) groups is 1. The number of piperidine rings is 1. The lowest BCUT2D eigenvalue weighted by Crippen LogP contribution is -2.48. The Kier molecular flexibility index (Phi) is 6.32. The first kappa shape index (κ1) is 22.1. The molecule has 1 saturated heterocycles. The molecule has 0 radical (unpaired) electrons. The second kappa shape index (κ2) is 9.16. The molecule has 0 bridgehead atoms. The van der Waals surface area contributed by atoms with Crippen LogP contribution in [0.25, 0.3) is 10.9 Å². The van der Waals surface area contributed by atoms with E-state index in [0.717, 1.165) is 25.9 Å². The number of amides is 1. The van der Waals surface area contributed by atoms with Crippen molar-refractivity contribution in [2.45, 2.75) is 45.4 Å². The van der Waals surface area contributed by atoms with Gasteiger partial charge in [0.15, 0.2) is 0 Å². The highest BCUT2D eigenvalue weighted by Crippen LogP contribution is 2.24. The van der Waals surface area contributed by atoms with Crippen LogP contribution in [0, 0.1) is 5.92 Å². The molecule has 8 heteroatoms. The van der Waals surface area contributed by atoms with Crippen LogP contribution in [0.5, 0.6) is 0 Å². The van der Waals surface area contributed by atoms with Gasteiger partial charge in [-0.15, -0.1) is 6.58 Å². The average molecular weight is 437 g/mol. The van der Waals surface area contributed by atoms with E-state index >= 15 is 0 Å². The van der Waals surface area contributed by atoms with Crippen molar-refractivity contribution in [2.75, 3.05) is 20.1 Å². The molecule has 4 heterocycles. The normalized spacial score (nSPS) is 19.8. The minimum atomic E-state index is -0.145. The van der Waals surface area contributed by atoms with Crippen molar-refractivity contribution < 1.29 is 4.79 Å². The first-order chi connectivity index (χ1) is 15.4. The largest absolute Gasteiger partial charge is 0.357 e. The van der Waals surface area contributed by atoms with Crippen LogP contribution in [0.2, 0.25) is 0 Å². The van der Waals surface area contributed by atoms with Crippen LogP contribution < -0.4 is 10.9 Å². The van der Waals surface area contributed by atoms with Crippen LogP contribution >= 0.6 is 0 Å². The molecule has 0 aromatic carbocycles. The summed E-state index contributed by atoms with van der Waals surface area (Å²) in [5.41, 5.74) is 2.05. The van der Waals surface area contributed by atoms with Gasteiger partial charge >= 0.3 is 0 Å². The molecule has 32 heavy (non-hydrogen) atoms. The first-order valence-electron chi connectivity index (χ1n) is 11.2. The fourth-order valence-corrected chi connectivity index (χ4v) is 4.54. The van der Waals surface area contributed by atoms with Crippen LogP contribution in [0.15, 0.2) is 52.7 Å². The number of fused-ring (bicyclic) bond motifs is 1. The van der Waals surface area contributed by atoms with E-state index in [2.05, 4.69) is 46.7 Å². The quantitative estimate of drug-likeness (QED) is 0.682. The SMILES string of the molecule is C=CCn1cc(C(=O)N(C)C2CCN(C3C=C(C(C)C)NC=N3)CC2)c2cc[nH]c2c1=O. The Hall–Kier alpha value is -3.13. The van der Waals surface area contributed by atoms with E-state index < -0.39 is 0 Å². The summed E-state index contributed by atoms with van der Waals surface area (Å²) in [5, 5.41) is 3.90. The van der Waals surface area contributed by atoms with Crippen molar-refractivity contribution in [3.05, 3.63) is 58.8 Å². The monoisotopic (exact) mass is 436 g/mol. The second-order valence-corrected chi connectivity index (χ2v) is 8.85. The minimum absolute atomic E-state index is 0.0533.